The molecule has 0 fully saturated rings. The third-order valence-corrected chi connectivity index (χ3v) is 2.64. The molecule has 0 unspecified atom stereocenters. The number of hydrogen-bond acceptors (Lipinski definition) is 2. The highest BCUT2D eigenvalue weighted by Crippen LogP contribution is 2.34. The summed E-state index contributed by atoms with van der Waals surface area (Å²) in [6, 6.07) is 4.64. The summed E-state index contributed by atoms with van der Waals surface area (Å²) < 4.78 is 63.7. The maximum atomic E-state index is 13.7. The molecule has 2 nitrogen and oxygen atoms in total. The molecule has 0 saturated heterocycles. The number of alkyl halides is 4. The molecule has 0 spiro atoms. The molecule has 0 aromatic heterocycles. The van der Waals surface area contributed by atoms with E-state index in [1.165, 1.54) is 12.1 Å². The van der Waals surface area contributed by atoms with E-state index in [-0.39, 0.29) is 0 Å². The van der Waals surface area contributed by atoms with Crippen molar-refractivity contribution in [2.45, 2.75) is 30.9 Å². The van der Waals surface area contributed by atoms with Gasteiger partial charge in [0.15, 0.2) is 12.3 Å². The Morgan fingerprint density at radius 1 is 1.22 bits per heavy atom. The number of aliphatic hydroxyl groups excluding tert-OH is 1. The molecular weight excluding hydrogens is 257 g/mol. The molecule has 7 heteroatoms. The Morgan fingerprint density at radius 3 is 2.17 bits per heavy atom. The number of benzene rings is 1. The van der Waals surface area contributed by atoms with Gasteiger partial charge in [0.05, 0.1) is 5.54 Å². The molecule has 0 aliphatic rings. The molecule has 0 radical (unpaired) electrons. The highest BCUT2D eigenvalue weighted by Gasteiger charge is 2.51. The summed E-state index contributed by atoms with van der Waals surface area (Å²) in [7, 11) is 0. The zero-order valence-corrected chi connectivity index (χ0v) is 9.38. The van der Waals surface area contributed by atoms with E-state index in [2.05, 4.69) is 0 Å². The monoisotopic (exact) mass is 269 g/mol. The lowest BCUT2D eigenvalue weighted by Crippen LogP contribution is -2.53. The van der Waals surface area contributed by atoms with Crippen LogP contribution in [0.4, 0.5) is 22.0 Å². The summed E-state index contributed by atoms with van der Waals surface area (Å²) >= 11 is 0. The lowest BCUT2D eigenvalue weighted by atomic mass is 9.85. The zero-order valence-electron chi connectivity index (χ0n) is 9.38. The molecule has 0 heterocycles. The van der Waals surface area contributed by atoms with Gasteiger partial charge in [0.1, 0.15) is 5.82 Å². The average Bonchev–Trinajstić information content (AvgIpc) is 2.26. The predicted molar refractivity (Wildman–Crippen MR) is 54.9 cm³/mol. The molecule has 0 saturated carbocycles. The molecule has 1 aromatic carbocycles. The van der Waals surface area contributed by atoms with Gasteiger partial charge in [-0.15, -0.1) is 0 Å². The van der Waals surface area contributed by atoms with E-state index in [9.17, 15) is 22.0 Å². The van der Waals surface area contributed by atoms with E-state index in [0.29, 0.717) is 0 Å². The van der Waals surface area contributed by atoms with Gasteiger partial charge in [-0.1, -0.05) is 18.2 Å². The minimum Gasteiger partial charge on any atom is -0.381 e. The van der Waals surface area contributed by atoms with Crippen molar-refractivity contribution >= 4 is 0 Å². The van der Waals surface area contributed by atoms with Gasteiger partial charge in [-0.2, -0.15) is 13.2 Å². The lowest BCUT2D eigenvalue weighted by molar-refractivity contribution is -0.227. The Balaban J connectivity index is 3.11. The normalized spacial score (nSPS) is 19.1. The van der Waals surface area contributed by atoms with Gasteiger partial charge in [-0.3, -0.25) is 0 Å². The van der Waals surface area contributed by atoms with Crippen molar-refractivity contribution < 1.29 is 27.1 Å². The largest absolute Gasteiger partial charge is 0.417 e. The first-order valence-electron chi connectivity index (χ1n) is 5.01. The topological polar surface area (TPSA) is 46.2 Å². The summed E-state index contributed by atoms with van der Waals surface area (Å²) in [5.41, 5.74) is 2.68. The Bertz CT molecular complexity index is 418. The van der Waals surface area contributed by atoms with Crippen LogP contribution in [0.5, 0.6) is 0 Å². The average molecular weight is 269 g/mol. The van der Waals surface area contributed by atoms with Crippen molar-refractivity contribution in [2.75, 3.05) is 0 Å². The number of nitrogens with two attached hydrogens (primary N) is 1. The highest BCUT2D eigenvalue weighted by molar-refractivity contribution is 5.27. The summed E-state index contributed by atoms with van der Waals surface area (Å²) in [5, 5.41) is 8.84. The molecule has 0 amide bonds. The fourth-order valence-electron chi connectivity index (χ4n) is 1.54. The number of hydrogen-bond donors (Lipinski definition) is 2. The van der Waals surface area contributed by atoms with Crippen LogP contribution in [0.25, 0.3) is 0 Å². The molecule has 3 atom stereocenters. The molecule has 102 valence electrons. The van der Waals surface area contributed by atoms with E-state index in [1.807, 2.05) is 0 Å². The van der Waals surface area contributed by atoms with Crippen LogP contribution in [0.15, 0.2) is 24.3 Å². The van der Waals surface area contributed by atoms with E-state index >= 15 is 0 Å². The van der Waals surface area contributed by atoms with Crippen molar-refractivity contribution in [1.82, 2.24) is 0 Å². The molecule has 1 rings (SSSR count). The number of aliphatic hydroxyl groups is 1. The van der Waals surface area contributed by atoms with Crippen LogP contribution in [-0.4, -0.2) is 23.6 Å². The van der Waals surface area contributed by atoms with Gasteiger partial charge < -0.3 is 10.8 Å². The van der Waals surface area contributed by atoms with Crippen molar-refractivity contribution in [2.24, 2.45) is 5.73 Å². The van der Waals surface area contributed by atoms with E-state index in [0.717, 1.165) is 19.1 Å². The van der Waals surface area contributed by atoms with Gasteiger partial charge >= 0.3 is 6.18 Å². The van der Waals surface area contributed by atoms with E-state index < -0.39 is 35.4 Å². The first kappa shape index (κ1) is 14.8. The highest BCUT2D eigenvalue weighted by atomic mass is 19.4. The Hall–Kier alpha value is -1.21. The Kier molecular flexibility index (Phi) is 3.97. The summed E-state index contributed by atoms with van der Waals surface area (Å²) in [6.45, 7) is 0.894. The van der Waals surface area contributed by atoms with Gasteiger partial charge in [0.2, 0.25) is 0 Å². The smallest absolute Gasteiger partial charge is 0.381 e. The molecule has 0 aliphatic carbocycles. The van der Waals surface area contributed by atoms with Crippen LogP contribution >= 0.6 is 0 Å². The summed E-state index contributed by atoms with van der Waals surface area (Å²) in [5.74, 6) is -0.931. The van der Waals surface area contributed by atoms with Crippen LogP contribution in [-0.2, 0) is 5.54 Å². The fourth-order valence-corrected chi connectivity index (χ4v) is 1.54. The summed E-state index contributed by atoms with van der Waals surface area (Å²) in [4.78, 5) is 0. The van der Waals surface area contributed by atoms with Gasteiger partial charge in [-0.25, -0.2) is 8.78 Å². The molecule has 18 heavy (non-hydrogen) atoms. The van der Waals surface area contributed by atoms with Gasteiger partial charge in [0, 0.05) is 5.56 Å². The van der Waals surface area contributed by atoms with Crippen molar-refractivity contribution in [3.05, 3.63) is 35.6 Å². The zero-order chi connectivity index (χ0) is 14.1. The maximum Gasteiger partial charge on any atom is 0.417 e. The Labute approximate surface area is 100 Å². The lowest BCUT2D eigenvalue weighted by Gasteiger charge is -2.33. The third kappa shape index (κ3) is 2.78. The van der Waals surface area contributed by atoms with Gasteiger partial charge in [-0.05, 0) is 13.0 Å². The molecular formula is C11H12F5NO. The minimum atomic E-state index is -5.16. The molecule has 3 N–H and O–H groups in total. The SMILES string of the molecule is C[C@@](N)(c1ccccc1F)[C@@H](F)[C@H](O)C(F)(F)F. The van der Waals surface area contributed by atoms with Crippen LogP contribution < -0.4 is 5.73 Å². The maximum absolute atomic E-state index is 13.7. The first-order valence-corrected chi connectivity index (χ1v) is 5.01. The number of halogens is 5. The first-order chi connectivity index (χ1) is 8.08. The van der Waals surface area contributed by atoms with Crippen molar-refractivity contribution in [1.29, 1.82) is 0 Å². The van der Waals surface area contributed by atoms with Crippen molar-refractivity contribution in [3.8, 4) is 0 Å². The third-order valence-electron chi connectivity index (χ3n) is 2.64. The molecule has 0 aliphatic heterocycles. The fraction of sp³-hybridized carbons (Fsp3) is 0.455. The minimum absolute atomic E-state index is 0.430. The van der Waals surface area contributed by atoms with E-state index in [4.69, 9.17) is 10.8 Å². The predicted octanol–water partition coefficient (Wildman–Crippen LogP) is 2.26. The van der Waals surface area contributed by atoms with Crippen molar-refractivity contribution in [3.63, 3.8) is 0 Å². The Morgan fingerprint density at radius 2 is 1.72 bits per heavy atom. The standard InChI is InChI=1S/C11H12F5NO/c1-10(17,6-4-2-3-5-7(6)12)8(13)9(18)11(14,15)16/h2-5,8-9,18H,17H2,1H3/t8-,9-,10+/m0/s1. The molecule has 0 bridgehead atoms. The molecule has 1 aromatic rings. The van der Waals surface area contributed by atoms with Crippen LogP contribution in [0.3, 0.4) is 0 Å². The number of rotatable bonds is 3. The summed E-state index contributed by atoms with van der Waals surface area (Å²) in [6.07, 6.45) is -11.3. The second-order valence-corrected chi connectivity index (χ2v) is 4.15. The second kappa shape index (κ2) is 4.81. The van der Waals surface area contributed by atoms with Gasteiger partial charge in [0.25, 0.3) is 0 Å². The van der Waals surface area contributed by atoms with Crippen LogP contribution in [0, 0.1) is 5.82 Å². The quantitative estimate of drug-likeness (QED) is 0.827. The van der Waals surface area contributed by atoms with E-state index in [1.54, 1.807) is 0 Å². The van der Waals surface area contributed by atoms with Crippen LogP contribution in [0.1, 0.15) is 12.5 Å². The second-order valence-electron chi connectivity index (χ2n) is 4.15. The van der Waals surface area contributed by atoms with Crippen LogP contribution in [0.2, 0.25) is 0 Å².